The number of primary amides is 1. The van der Waals surface area contributed by atoms with Crippen molar-refractivity contribution in [2.75, 3.05) is 20.7 Å². The van der Waals surface area contributed by atoms with Crippen molar-refractivity contribution in [2.24, 2.45) is 10.7 Å². The first-order valence-electron chi connectivity index (χ1n) is 7.64. The number of hydrogen-bond acceptors (Lipinski definition) is 4. The molecule has 0 aliphatic heterocycles. The van der Waals surface area contributed by atoms with Crippen molar-refractivity contribution < 1.29 is 9.53 Å². The first-order chi connectivity index (χ1) is 12.0. The largest absolute Gasteiger partial charge is 0.484 e. The van der Waals surface area contributed by atoms with E-state index in [0.717, 1.165) is 21.9 Å². The van der Waals surface area contributed by atoms with Gasteiger partial charge < -0.3 is 20.7 Å². The number of benzene rings is 1. The Kier molecular flexibility index (Phi) is 9.96. The summed E-state index contributed by atoms with van der Waals surface area (Å²) in [6.07, 6.45) is 0. The van der Waals surface area contributed by atoms with E-state index in [1.165, 1.54) is 4.88 Å². The highest BCUT2D eigenvalue weighted by Crippen LogP contribution is 2.23. The molecule has 0 unspecified atom stereocenters. The van der Waals surface area contributed by atoms with Crippen molar-refractivity contribution in [3.8, 4) is 5.75 Å². The molecule has 26 heavy (non-hydrogen) atoms. The van der Waals surface area contributed by atoms with Crippen molar-refractivity contribution >= 4 is 63.1 Å². The van der Waals surface area contributed by atoms with Gasteiger partial charge in [-0.2, -0.15) is 0 Å². The van der Waals surface area contributed by atoms with E-state index in [1.54, 1.807) is 24.5 Å². The second-order valence-corrected chi connectivity index (χ2v) is 7.91. The molecule has 3 N–H and O–H groups in total. The Morgan fingerprint density at radius 3 is 2.77 bits per heavy atom. The zero-order chi connectivity index (χ0) is 18.2. The number of nitrogens with zero attached hydrogens (tertiary/aromatic N) is 2. The molecule has 9 heteroatoms. The summed E-state index contributed by atoms with van der Waals surface area (Å²) in [5, 5.41) is 3.33. The molecule has 2 rings (SSSR count). The Hall–Kier alpha value is -1.33. The monoisotopic (exact) mass is 552 g/mol. The maximum absolute atomic E-state index is 10.8. The van der Waals surface area contributed by atoms with E-state index in [2.05, 4.69) is 37.2 Å². The summed E-state index contributed by atoms with van der Waals surface area (Å²) in [7, 11) is 3.75. The van der Waals surface area contributed by atoms with Gasteiger partial charge in [0.05, 0.1) is 10.3 Å². The number of rotatable bonds is 7. The van der Waals surface area contributed by atoms with Crippen molar-refractivity contribution in [3.05, 3.63) is 50.6 Å². The number of hydrogen-bond donors (Lipinski definition) is 2. The highest BCUT2D eigenvalue weighted by atomic mass is 127. The first-order valence-corrected chi connectivity index (χ1v) is 9.25. The lowest BCUT2D eigenvalue weighted by atomic mass is 10.2. The Balaban J connectivity index is 0.00000338. The van der Waals surface area contributed by atoms with Crippen LogP contribution in [0.5, 0.6) is 5.75 Å². The third-order valence-corrected chi connectivity index (χ3v) is 4.93. The van der Waals surface area contributed by atoms with Crippen LogP contribution in [0.3, 0.4) is 0 Å². The van der Waals surface area contributed by atoms with Crippen LogP contribution in [0, 0.1) is 0 Å². The second kappa shape index (κ2) is 11.4. The molecule has 0 atom stereocenters. The Morgan fingerprint density at radius 1 is 1.38 bits per heavy atom. The van der Waals surface area contributed by atoms with Crippen LogP contribution in [0.1, 0.15) is 10.4 Å². The van der Waals surface area contributed by atoms with Gasteiger partial charge in [0.1, 0.15) is 5.75 Å². The summed E-state index contributed by atoms with van der Waals surface area (Å²) in [5.74, 6) is 0.920. The summed E-state index contributed by atoms with van der Waals surface area (Å²) in [5.41, 5.74) is 6.12. The lowest BCUT2D eigenvalue weighted by Gasteiger charge is -2.21. The number of nitrogens with one attached hydrogen (secondary N) is 1. The molecule has 0 saturated carbocycles. The standard InChI is InChI=1S/C17H21BrN4O2S.HI/c1-20-17(22(2)10-14-6-7-15(18)25-14)21-9-12-4-3-5-13(8-12)24-11-16(19)23;/h3-8H,9-11H2,1-2H3,(H2,19,23)(H,20,21);1H. The molecule has 1 heterocycles. The minimum atomic E-state index is -0.495. The number of carbonyl (C=O) groups excluding carboxylic acids is 1. The minimum absolute atomic E-state index is 0. The van der Waals surface area contributed by atoms with Crippen LogP contribution in [0.25, 0.3) is 0 Å². The van der Waals surface area contributed by atoms with Gasteiger partial charge in [0, 0.05) is 25.5 Å². The number of guanidine groups is 1. The highest BCUT2D eigenvalue weighted by molar-refractivity contribution is 14.0. The summed E-state index contributed by atoms with van der Waals surface area (Å²) in [6.45, 7) is 1.24. The molecule has 0 bridgehead atoms. The van der Waals surface area contributed by atoms with E-state index in [-0.39, 0.29) is 30.6 Å². The van der Waals surface area contributed by atoms with E-state index in [4.69, 9.17) is 10.5 Å². The average Bonchev–Trinajstić information content (AvgIpc) is 2.99. The number of ether oxygens (including phenoxy) is 1. The Labute approximate surface area is 183 Å². The van der Waals surface area contributed by atoms with Crippen LogP contribution < -0.4 is 15.8 Å². The van der Waals surface area contributed by atoms with Crippen LogP contribution in [0.15, 0.2) is 45.2 Å². The van der Waals surface area contributed by atoms with E-state index in [9.17, 15) is 4.79 Å². The summed E-state index contributed by atoms with van der Waals surface area (Å²) < 4.78 is 6.44. The molecule has 0 aliphatic carbocycles. The second-order valence-electron chi connectivity index (χ2n) is 5.37. The number of thiophene rings is 1. The topological polar surface area (TPSA) is 80.0 Å². The van der Waals surface area contributed by atoms with Crippen molar-refractivity contribution in [1.29, 1.82) is 0 Å². The van der Waals surface area contributed by atoms with Gasteiger partial charge in [-0.3, -0.25) is 9.79 Å². The van der Waals surface area contributed by atoms with Gasteiger partial charge in [0.15, 0.2) is 12.6 Å². The SMILES string of the molecule is CN=C(NCc1cccc(OCC(N)=O)c1)N(C)Cc1ccc(Br)s1.I. The molecule has 2 aromatic rings. The van der Waals surface area contributed by atoms with Crippen LogP contribution in [-0.2, 0) is 17.9 Å². The normalized spacial score (nSPS) is 10.8. The number of amides is 1. The van der Waals surface area contributed by atoms with Crippen molar-refractivity contribution in [3.63, 3.8) is 0 Å². The fourth-order valence-electron chi connectivity index (χ4n) is 2.21. The zero-order valence-electron chi connectivity index (χ0n) is 14.6. The van der Waals surface area contributed by atoms with Crippen molar-refractivity contribution in [1.82, 2.24) is 10.2 Å². The van der Waals surface area contributed by atoms with Gasteiger partial charge in [-0.05, 0) is 45.8 Å². The number of halogens is 2. The molecular weight excluding hydrogens is 531 g/mol. The molecule has 6 nitrogen and oxygen atoms in total. The van der Waals surface area contributed by atoms with Gasteiger partial charge in [-0.25, -0.2) is 0 Å². The van der Waals surface area contributed by atoms with Gasteiger partial charge in [-0.15, -0.1) is 35.3 Å². The van der Waals surface area contributed by atoms with Gasteiger partial charge in [-0.1, -0.05) is 12.1 Å². The van der Waals surface area contributed by atoms with E-state index in [0.29, 0.717) is 12.3 Å². The fraction of sp³-hybridized carbons (Fsp3) is 0.294. The highest BCUT2D eigenvalue weighted by Gasteiger charge is 2.08. The first kappa shape index (κ1) is 22.7. The predicted molar refractivity (Wildman–Crippen MR) is 120 cm³/mol. The number of nitrogens with two attached hydrogens (primary N) is 1. The van der Waals surface area contributed by atoms with Crippen molar-refractivity contribution in [2.45, 2.75) is 13.1 Å². The molecule has 1 aromatic heterocycles. The van der Waals surface area contributed by atoms with E-state index < -0.39 is 5.91 Å². The van der Waals surface area contributed by atoms with Gasteiger partial charge >= 0.3 is 0 Å². The summed E-state index contributed by atoms with van der Waals surface area (Å²) >= 11 is 5.19. The molecule has 1 aromatic carbocycles. The summed E-state index contributed by atoms with van der Waals surface area (Å²) in [6, 6.07) is 11.7. The van der Waals surface area contributed by atoms with Crippen LogP contribution in [0.4, 0.5) is 0 Å². The lowest BCUT2D eigenvalue weighted by molar-refractivity contribution is -0.119. The average molecular weight is 553 g/mol. The molecule has 1 amide bonds. The molecule has 0 aliphatic rings. The third kappa shape index (κ3) is 7.50. The van der Waals surface area contributed by atoms with Gasteiger partial charge in [0.2, 0.25) is 0 Å². The molecule has 142 valence electrons. The van der Waals surface area contributed by atoms with E-state index in [1.807, 2.05) is 31.3 Å². The van der Waals surface area contributed by atoms with Crippen LogP contribution in [0.2, 0.25) is 0 Å². The number of carbonyl (C=O) groups is 1. The molecule has 0 spiro atoms. The molecule has 0 saturated heterocycles. The smallest absolute Gasteiger partial charge is 0.255 e. The minimum Gasteiger partial charge on any atom is -0.484 e. The lowest BCUT2D eigenvalue weighted by Crippen LogP contribution is -2.37. The fourth-order valence-corrected chi connectivity index (χ4v) is 3.75. The maximum Gasteiger partial charge on any atom is 0.255 e. The van der Waals surface area contributed by atoms with Crippen LogP contribution in [-0.4, -0.2) is 37.5 Å². The quantitative estimate of drug-likeness (QED) is 0.314. The molecular formula is C17H22BrIN4O2S. The van der Waals surface area contributed by atoms with E-state index >= 15 is 0 Å². The van der Waals surface area contributed by atoms with Gasteiger partial charge in [0.25, 0.3) is 5.91 Å². The molecule has 0 fully saturated rings. The zero-order valence-corrected chi connectivity index (χ0v) is 19.3. The Morgan fingerprint density at radius 2 is 2.15 bits per heavy atom. The maximum atomic E-state index is 10.8. The molecule has 0 radical (unpaired) electrons. The third-order valence-electron chi connectivity index (χ3n) is 3.33. The summed E-state index contributed by atoms with van der Waals surface area (Å²) in [4.78, 5) is 18.4. The predicted octanol–water partition coefficient (Wildman–Crippen LogP) is 3.20. The van der Waals surface area contributed by atoms with Crippen LogP contribution >= 0.6 is 51.2 Å². The number of aliphatic imine (C=N–C) groups is 1. The Bertz CT molecular complexity index is 754.